The Balaban J connectivity index is 2.30. The van der Waals surface area contributed by atoms with Gasteiger partial charge in [0.25, 0.3) is 0 Å². The van der Waals surface area contributed by atoms with E-state index in [1.54, 1.807) is 0 Å². The number of pyridine rings is 1. The topological polar surface area (TPSA) is 30.0 Å². The molecule has 2 rings (SSSR count). The van der Waals surface area contributed by atoms with E-state index >= 15 is 0 Å². The Morgan fingerprint density at radius 3 is 2.79 bits per heavy atom. The summed E-state index contributed by atoms with van der Waals surface area (Å²) in [6, 6.07) is 2.01. The SMILES string of the molecule is Cc1ncc(C2CCCC2)cc1C=O. The first-order valence-electron chi connectivity index (χ1n) is 5.23. The van der Waals surface area contributed by atoms with Crippen molar-refractivity contribution in [3.8, 4) is 0 Å². The molecule has 1 heterocycles. The highest BCUT2D eigenvalue weighted by Crippen LogP contribution is 2.33. The lowest BCUT2D eigenvalue weighted by Gasteiger charge is -2.09. The molecule has 74 valence electrons. The summed E-state index contributed by atoms with van der Waals surface area (Å²) in [5, 5.41) is 0. The van der Waals surface area contributed by atoms with Gasteiger partial charge in [0.2, 0.25) is 0 Å². The summed E-state index contributed by atoms with van der Waals surface area (Å²) in [5.41, 5.74) is 2.83. The lowest BCUT2D eigenvalue weighted by Crippen LogP contribution is -1.98. The van der Waals surface area contributed by atoms with E-state index in [4.69, 9.17) is 0 Å². The maximum Gasteiger partial charge on any atom is 0.151 e. The van der Waals surface area contributed by atoms with E-state index in [0.29, 0.717) is 5.92 Å². The van der Waals surface area contributed by atoms with Gasteiger partial charge in [0.15, 0.2) is 6.29 Å². The van der Waals surface area contributed by atoms with Crippen LogP contribution in [0, 0.1) is 6.92 Å². The van der Waals surface area contributed by atoms with Crippen LogP contribution in [0.15, 0.2) is 12.3 Å². The lowest BCUT2D eigenvalue weighted by atomic mass is 9.98. The fourth-order valence-corrected chi connectivity index (χ4v) is 2.17. The minimum atomic E-state index is 0.641. The molecule has 1 fully saturated rings. The van der Waals surface area contributed by atoms with E-state index in [1.807, 2.05) is 19.2 Å². The van der Waals surface area contributed by atoms with E-state index in [9.17, 15) is 4.79 Å². The molecule has 0 radical (unpaired) electrons. The first-order valence-corrected chi connectivity index (χ1v) is 5.23. The molecule has 1 aromatic heterocycles. The molecule has 0 bridgehead atoms. The average molecular weight is 189 g/mol. The summed E-state index contributed by atoms with van der Waals surface area (Å²) < 4.78 is 0. The van der Waals surface area contributed by atoms with E-state index in [2.05, 4.69) is 4.98 Å². The van der Waals surface area contributed by atoms with Crippen molar-refractivity contribution in [2.75, 3.05) is 0 Å². The van der Waals surface area contributed by atoms with Crippen LogP contribution in [0.25, 0.3) is 0 Å². The number of hydrogen-bond acceptors (Lipinski definition) is 2. The summed E-state index contributed by atoms with van der Waals surface area (Å²) in [6.07, 6.45) is 7.97. The van der Waals surface area contributed by atoms with Gasteiger partial charge in [-0.25, -0.2) is 0 Å². The van der Waals surface area contributed by atoms with Crippen molar-refractivity contribution in [2.45, 2.75) is 38.5 Å². The number of aryl methyl sites for hydroxylation is 1. The van der Waals surface area contributed by atoms with E-state index in [-0.39, 0.29) is 0 Å². The van der Waals surface area contributed by atoms with Gasteiger partial charge in [0.05, 0.1) is 0 Å². The summed E-state index contributed by atoms with van der Waals surface area (Å²) in [7, 11) is 0. The Bertz CT molecular complexity index is 340. The number of nitrogens with zero attached hydrogens (tertiary/aromatic N) is 1. The quantitative estimate of drug-likeness (QED) is 0.669. The molecule has 0 atom stereocenters. The van der Waals surface area contributed by atoms with Gasteiger partial charge in [-0.2, -0.15) is 0 Å². The van der Waals surface area contributed by atoms with Crippen molar-refractivity contribution in [1.29, 1.82) is 0 Å². The zero-order valence-corrected chi connectivity index (χ0v) is 8.49. The maximum atomic E-state index is 10.8. The standard InChI is InChI=1S/C12H15NO/c1-9-12(8-14)6-11(7-13-9)10-4-2-3-5-10/h6-8,10H,2-5H2,1H3. The summed E-state index contributed by atoms with van der Waals surface area (Å²) in [6.45, 7) is 1.88. The van der Waals surface area contributed by atoms with Crippen molar-refractivity contribution < 1.29 is 4.79 Å². The van der Waals surface area contributed by atoms with E-state index in [1.165, 1.54) is 31.2 Å². The summed E-state index contributed by atoms with van der Waals surface area (Å²) >= 11 is 0. The maximum absolute atomic E-state index is 10.8. The first kappa shape index (κ1) is 9.38. The highest BCUT2D eigenvalue weighted by molar-refractivity contribution is 5.76. The van der Waals surface area contributed by atoms with Gasteiger partial charge in [-0.3, -0.25) is 9.78 Å². The van der Waals surface area contributed by atoms with Crippen LogP contribution in [0.5, 0.6) is 0 Å². The minimum Gasteiger partial charge on any atom is -0.298 e. The highest BCUT2D eigenvalue weighted by atomic mass is 16.1. The third-order valence-corrected chi connectivity index (χ3v) is 3.10. The predicted octanol–water partition coefficient (Wildman–Crippen LogP) is 2.86. The first-order chi connectivity index (χ1) is 6.81. The van der Waals surface area contributed by atoms with Gasteiger partial charge in [0.1, 0.15) is 0 Å². The Morgan fingerprint density at radius 2 is 2.14 bits per heavy atom. The molecule has 0 aromatic carbocycles. The van der Waals surface area contributed by atoms with E-state index < -0.39 is 0 Å². The molecule has 2 heteroatoms. The van der Waals surface area contributed by atoms with Gasteiger partial charge < -0.3 is 0 Å². The Hall–Kier alpha value is -1.18. The molecule has 1 aliphatic rings. The molecule has 1 aromatic rings. The highest BCUT2D eigenvalue weighted by Gasteiger charge is 2.17. The predicted molar refractivity (Wildman–Crippen MR) is 55.6 cm³/mol. The largest absolute Gasteiger partial charge is 0.298 e. The molecule has 1 saturated carbocycles. The van der Waals surface area contributed by atoms with Crippen molar-refractivity contribution in [2.24, 2.45) is 0 Å². The van der Waals surface area contributed by atoms with Gasteiger partial charge in [-0.05, 0) is 37.3 Å². The molecule has 0 N–H and O–H groups in total. The van der Waals surface area contributed by atoms with Crippen LogP contribution >= 0.6 is 0 Å². The Morgan fingerprint density at radius 1 is 1.43 bits per heavy atom. The van der Waals surface area contributed by atoms with Gasteiger partial charge in [-0.15, -0.1) is 0 Å². The molecule has 14 heavy (non-hydrogen) atoms. The Labute approximate surface area is 84.4 Å². The van der Waals surface area contributed by atoms with Crippen molar-refractivity contribution in [3.05, 3.63) is 29.1 Å². The second-order valence-electron chi connectivity index (χ2n) is 4.04. The molecule has 0 aliphatic heterocycles. The van der Waals surface area contributed by atoms with Crippen LogP contribution in [0.4, 0.5) is 0 Å². The molecular formula is C12H15NO. The van der Waals surface area contributed by atoms with Gasteiger partial charge >= 0.3 is 0 Å². The fourth-order valence-electron chi connectivity index (χ4n) is 2.17. The minimum absolute atomic E-state index is 0.641. The molecule has 1 aliphatic carbocycles. The molecule has 2 nitrogen and oxygen atoms in total. The zero-order valence-electron chi connectivity index (χ0n) is 8.49. The number of hydrogen-bond donors (Lipinski definition) is 0. The molecule has 0 saturated heterocycles. The normalized spacial score (nSPS) is 17.2. The summed E-state index contributed by atoms with van der Waals surface area (Å²) in [4.78, 5) is 15.0. The molecule has 0 amide bonds. The lowest BCUT2D eigenvalue weighted by molar-refractivity contribution is 0.112. The van der Waals surface area contributed by atoms with Crippen molar-refractivity contribution >= 4 is 6.29 Å². The van der Waals surface area contributed by atoms with Gasteiger partial charge in [-0.1, -0.05) is 12.8 Å². The Kier molecular flexibility index (Phi) is 2.62. The van der Waals surface area contributed by atoms with Crippen molar-refractivity contribution in [3.63, 3.8) is 0 Å². The van der Waals surface area contributed by atoms with Crippen LogP contribution in [0.1, 0.15) is 53.2 Å². The average Bonchev–Trinajstić information content (AvgIpc) is 2.71. The van der Waals surface area contributed by atoms with Crippen molar-refractivity contribution in [1.82, 2.24) is 4.98 Å². The molecule has 0 spiro atoms. The van der Waals surface area contributed by atoms with Crippen LogP contribution in [-0.2, 0) is 0 Å². The third kappa shape index (κ3) is 1.69. The summed E-state index contributed by atoms with van der Waals surface area (Å²) in [5.74, 6) is 0.641. The fraction of sp³-hybridized carbons (Fsp3) is 0.500. The molecule has 0 unspecified atom stereocenters. The third-order valence-electron chi connectivity index (χ3n) is 3.10. The number of carbonyl (C=O) groups excluding carboxylic acids is 1. The van der Waals surface area contributed by atoms with Crippen LogP contribution < -0.4 is 0 Å². The zero-order chi connectivity index (χ0) is 9.97. The number of aromatic nitrogens is 1. The number of aldehydes is 1. The second kappa shape index (κ2) is 3.91. The monoisotopic (exact) mass is 189 g/mol. The van der Waals surface area contributed by atoms with Crippen LogP contribution in [-0.4, -0.2) is 11.3 Å². The number of carbonyl (C=O) groups is 1. The number of rotatable bonds is 2. The smallest absolute Gasteiger partial charge is 0.151 e. The van der Waals surface area contributed by atoms with E-state index in [0.717, 1.165) is 17.5 Å². The van der Waals surface area contributed by atoms with Crippen LogP contribution in [0.2, 0.25) is 0 Å². The molecular weight excluding hydrogens is 174 g/mol. The van der Waals surface area contributed by atoms with Gasteiger partial charge in [0, 0.05) is 17.5 Å². The van der Waals surface area contributed by atoms with Crippen LogP contribution in [0.3, 0.4) is 0 Å². The second-order valence-corrected chi connectivity index (χ2v) is 4.04.